The number of ketones is 1. The maximum absolute atomic E-state index is 15.2. The van der Waals surface area contributed by atoms with Crippen LogP contribution in [0.15, 0.2) is 55.2 Å². The lowest BCUT2D eigenvalue weighted by Crippen LogP contribution is -2.44. The molecule has 1 fully saturated rings. The molecule has 4 aromatic rings. The van der Waals surface area contributed by atoms with Crippen molar-refractivity contribution < 1.29 is 41.4 Å². The monoisotopic (exact) mass is 612 g/mol. The molecule has 4 heterocycles. The van der Waals surface area contributed by atoms with E-state index in [4.69, 9.17) is 0 Å². The van der Waals surface area contributed by atoms with Gasteiger partial charge in [0.15, 0.2) is 23.1 Å². The number of alkyl halides is 3. The van der Waals surface area contributed by atoms with Crippen LogP contribution in [0.25, 0.3) is 10.9 Å². The Labute approximate surface area is 246 Å². The molecular formula is C29H24F4N6O5. The molecule has 2 aromatic carbocycles. The van der Waals surface area contributed by atoms with Gasteiger partial charge < -0.3 is 29.6 Å². The predicted octanol–water partition coefficient (Wildman–Crippen LogP) is 4.81. The van der Waals surface area contributed by atoms with Crippen LogP contribution in [0.2, 0.25) is 0 Å². The zero-order valence-corrected chi connectivity index (χ0v) is 23.2. The minimum absolute atomic E-state index is 0.250. The Balaban J connectivity index is 1.24. The van der Waals surface area contributed by atoms with E-state index in [1.54, 1.807) is 30.6 Å². The van der Waals surface area contributed by atoms with Gasteiger partial charge in [-0.15, -0.1) is 8.78 Å². The highest BCUT2D eigenvalue weighted by atomic mass is 19.3. The van der Waals surface area contributed by atoms with E-state index >= 15 is 4.39 Å². The highest BCUT2D eigenvalue weighted by Crippen LogP contribution is 2.43. The Morgan fingerprint density at radius 3 is 2.45 bits per heavy atom. The molecule has 2 unspecified atom stereocenters. The first-order valence-electron chi connectivity index (χ1n) is 13.3. The molecular weight excluding hydrogens is 588 g/mol. The quantitative estimate of drug-likeness (QED) is 0.225. The standard InChI is InChI=1S/C29H24F4N6O5/c1-15(40)19-11-38(22-4-3-16(5-18(19)22)36-17-9-34-14-35-10-17)12-26(41)39-13-28(2,31)8-23(39)27(42)37-21-7-25-24(6-20(21)30)43-29(32,33)44-25/h3-7,9-11,14,23,36H,8,12-13H2,1-2H3,(H,37,42). The molecule has 2 atom stereocenters. The van der Waals surface area contributed by atoms with Crippen molar-refractivity contribution in [2.24, 2.45) is 0 Å². The number of aromatic nitrogens is 3. The van der Waals surface area contributed by atoms with E-state index < -0.39 is 65.8 Å². The molecule has 0 radical (unpaired) electrons. The molecule has 2 aliphatic heterocycles. The second-order valence-electron chi connectivity index (χ2n) is 10.8. The van der Waals surface area contributed by atoms with Crippen molar-refractivity contribution in [2.45, 2.75) is 44.8 Å². The number of hydrogen-bond donors (Lipinski definition) is 2. The van der Waals surface area contributed by atoms with E-state index in [0.29, 0.717) is 33.9 Å². The number of likely N-dealkylation sites (tertiary alicyclic amines) is 1. The van der Waals surface area contributed by atoms with Gasteiger partial charge in [0.05, 0.1) is 30.3 Å². The van der Waals surface area contributed by atoms with Crippen LogP contribution in [0.3, 0.4) is 0 Å². The molecule has 2 aromatic heterocycles. The van der Waals surface area contributed by atoms with E-state index in [1.807, 2.05) is 0 Å². The number of Topliss-reactive ketones (excluding diaryl/α,β-unsaturated/α-hetero) is 1. The Morgan fingerprint density at radius 1 is 1.05 bits per heavy atom. The fourth-order valence-electron chi connectivity index (χ4n) is 5.38. The van der Waals surface area contributed by atoms with Crippen LogP contribution >= 0.6 is 0 Å². The molecule has 2 aliphatic rings. The Morgan fingerprint density at radius 2 is 1.75 bits per heavy atom. The summed E-state index contributed by atoms with van der Waals surface area (Å²) in [6.45, 7) is 1.86. The third-order valence-corrected chi connectivity index (χ3v) is 7.28. The Hall–Kier alpha value is -5.21. The Bertz CT molecular complexity index is 1810. The summed E-state index contributed by atoms with van der Waals surface area (Å²) in [4.78, 5) is 48.2. The number of nitrogens with one attached hydrogen (secondary N) is 2. The fraction of sp³-hybridized carbons (Fsp3) is 0.276. The fourth-order valence-corrected chi connectivity index (χ4v) is 5.38. The van der Waals surface area contributed by atoms with Gasteiger partial charge in [0.1, 0.15) is 24.6 Å². The van der Waals surface area contributed by atoms with Crippen molar-refractivity contribution in [2.75, 3.05) is 17.2 Å². The molecule has 6 rings (SSSR count). The van der Waals surface area contributed by atoms with Crippen molar-refractivity contribution in [3.8, 4) is 11.5 Å². The number of hydrogen-bond acceptors (Lipinski definition) is 8. The first-order chi connectivity index (χ1) is 20.8. The molecule has 0 aliphatic carbocycles. The van der Waals surface area contributed by atoms with Gasteiger partial charge in [-0.1, -0.05) is 0 Å². The van der Waals surface area contributed by atoms with E-state index in [2.05, 4.69) is 30.1 Å². The molecule has 44 heavy (non-hydrogen) atoms. The number of halogens is 4. The third kappa shape index (κ3) is 5.59. The zero-order valence-electron chi connectivity index (χ0n) is 23.2. The van der Waals surface area contributed by atoms with Gasteiger partial charge in [-0.2, -0.15) is 0 Å². The van der Waals surface area contributed by atoms with E-state index in [9.17, 15) is 27.6 Å². The summed E-state index contributed by atoms with van der Waals surface area (Å²) in [5, 5.41) is 5.95. The highest BCUT2D eigenvalue weighted by molar-refractivity contribution is 6.08. The summed E-state index contributed by atoms with van der Waals surface area (Å²) in [5.74, 6) is -3.96. The van der Waals surface area contributed by atoms with Crippen LogP contribution in [0.1, 0.15) is 30.6 Å². The van der Waals surface area contributed by atoms with Crippen molar-refractivity contribution in [1.29, 1.82) is 0 Å². The number of carbonyl (C=O) groups excluding carboxylic acids is 3. The summed E-state index contributed by atoms with van der Waals surface area (Å²) in [6, 6.07) is 5.28. The largest absolute Gasteiger partial charge is 0.586 e. The number of fused-ring (bicyclic) bond motifs is 2. The zero-order chi connectivity index (χ0) is 31.4. The first-order valence-corrected chi connectivity index (χ1v) is 13.3. The maximum Gasteiger partial charge on any atom is 0.586 e. The minimum atomic E-state index is -4.00. The normalized spacial score (nSPS) is 20.1. The topological polar surface area (TPSA) is 128 Å². The molecule has 2 amide bonds. The molecule has 0 saturated carbocycles. The summed E-state index contributed by atoms with van der Waals surface area (Å²) in [5.41, 5.74) is -0.307. The second-order valence-corrected chi connectivity index (χ2v) is 10.8. The summed E-state index contributed by atoms with van der Waals surface area (Å²) in [6.07, 6.45) is 1.66. The number of amides is 2. The van der Waals surface area contributed by atoms with Gasteiger partial charge >= 0.3 is 6.29 Å². The van der Waals surface area contributed by atoms with Gasteiger partial charge in [-0.3, -0.25) is 14.4 Å². The lowest BCUT2D eigenvalue weighted by molar-refractivity contribution is -0.286. The molecule has 1 saturated heterocycles. The lowest BCUT2D eigenvalue weighted by atomic mass is 10.0. The average molecular weight is 613 g/mol. The molecule has 0 bridgehead atoms. The summed E-state index contributed by atoms with van der Waals surface area (Å²) < 4.78 is 66.7. The van der Waals surface area contributed by atoms with Crippen LogP contribution in [0.4, 0.5) is 34.6 Å². The predicted molar refractivity (Wildman–Crippen MR) is 148 cm³/mol. The first kappa shape index (κ1) is 28.9. The van der Waals surface area contributed by atoms with E-state index in [-0.39, 0.29) is 12.3 Å². The molecule has 2 N–H and O–H groups in total. The van der Waals surface area contributed by atoms with Crippen LogP contribution in [-0.4, -0.2) is 61.6 Å². The third-order valence-electron chi connectivity index (χ3n) is 7.28. The van der Waals surface area contributed by atoms with Crippen molar-refractivity contribution in [1.82, 2.24) is 19.4 Å². The van der Waals surface area contributed by atoms with Gasteiger partial charge in [0.25, 0.3) is 0 Å². The van der Waals surface area contributed by atoms with Gasteiger partial charge in [0, 0.05) is 46.9 Å². The van der Waals surface area contributed by atoms with Crippen LogP contribution in [0, 0.1) is 5.82 Å². The number of nitrogens with zero attached hydrogens (tertiary/aromatic N) is 4. The summed E-state index contributed by atoms with van der Waals surface area (Å²) in [7, 11) is 0. The van der Waals surface area contributed by atoms with Gasteiger partial charge in [0.2, 0.25) is 11.8 Å². The Kier molecular flexibility index (Phi) is 6.89. The number of anilines is 3. The van der Waals surface area contributed by atoms with Crippen LogP contribution in [-0.2, 0) is 16.1 Å². The average Bonchev–Trinajstić information content (AvgIpc) is 3.58. The number of carbonyl (C=O) groups is 3. The van der Waals surface area contributed by atoms with E-state index in [1.165, 1.54) is 30.9 Å². The van der Waals surface area contributed by atoms with Crippen molar-refractivity contribution in [3.63, 3.8) is 0 Å². The number of benzene rings is 2. The maximum atomic E-state index is 15.2. The lowest BCUT2D eigenvalue weighted by Gasteiger charge is -2.24. The second kappa shape index (κ2) is 10.5. The minimum Gasteiger partial charge on any atom is -0.395 e. The van der Waals surface area contributed by atoms with Crippen molar-refractivity contribution >= 4 is 45.6 Å². The van der Waals surface area contributed by atoms with Gasteiger partial charge in [-0.05, 0) is 32.0 Å². The number of ether oxygens (including phenoxy) is 2. The molecule has 0 spiro atoms. The molecule has 11 nitrogen and oxygen atoms in total. The smallest absolute Gasteiger partial charge is 0.395 e. The SMILES string of the molecule is CC(=O)c1cn(CC(=O)N2CC(C)(F)CC2C(=O)Nc2cc3c(cc2F)OC(F)(F)O3)c2ccc(Nc3cncnc3)cc12. The molecule has 228 valence electrons. The van der Waals surface area contributed by atoms with E-state index in [0.717, 1.165) is 11.0 Å². The number of rotatable bonds is 7. The van der Waals surface area contributed by atoms with Crippen LogP contribution < -0.4 is 20.1 Å². The highest BCUT2D eigenvalue weighted by Gasteiger charge is 2.47. The summed E-state index contributed by atoms with van der Waals surface area (Å²) >= 11 is 0. The van der Waals surface area contributed by atoms with Gasteiger partial charge in [-0.25, -0.2) is 18.7 Å². The molecule has 15 heteroatoms. The van der Waals surface area contributed by atoms with Crippen molar-refractivity contribution in [3.05, 3.63) is 66.6 Å². The van der Waals surface area contributed by atoms with Crippen LogP contribution in [0.5, 0.6) is 11.5 Å².